The maximum Gasteiger partial charge on any atom is 0.194 e. The molecule has 0 aliphatic heterocycles. The fourth-order valence-electron chi connectivity index (χ4n) is 1.84. The smallest absolute Gasteiger partial charge is 0.194 e. The second kappa shape index (κ2) is 5.15. The second-order valence-corrected chi connectivity index (χ2v) is 4.43. The van der Waals surface area contributed by atoms with Crippen molar-refractivity contribution in [1.82, 2.24) is 0 Å². The Morgan fingerprint density at radius 3 is 2.39 bits per heavy atom. The number of benzene rings is 2. The summed E-state index contributed by atoms with van der Waals surface area (Å²) in [7, 11) is 0. The van der Waals surface area contributed by atoms with Crippen LogP contribution in [0.4, 0.5) is 0 Å². The van der Waals surface area contributed by atoms with Gasteiger partial charge in [-0.2, -0.15) is 0 Å². The van der Waals surface area contributed by atoms with E-state index in [0.717, 1.165) is 5.56 Å². The molecule has 0 spiro atoms. The normalized spacial score (nSPS) is 10.1. The van der Waals surface area contributed by atoms with E-state index in [1.165, 1.54) is 0 Å². The van der Waals surface area contributed by atoms with Gasteiger partial charge in [-0.05, 0) is 36.8 Å². The lowest BCUT2D eigenvalue weighted by Crippen LogP contribution is -2.07. The molecule has 0 aliphatic carbocycles. The van der Waals surface area contributed by atoms with Crippen LogP contribution in [0.2, 0.25) is 5.02 Å². The SMILES string of the molecule is Cc1cccc(C=O)c1C(=O)c1ccc(Cl)cc1. The lowest BCUT2D eigenvalue weighted by molar-refractivity contribution is 0.102. The molecule has 2 aromatic carbocycles. The van der Waals surface area contributed by atoms with Crippen LogP contribution < -0.4 is 0 Å². The molecular weight excluding hydrogens is 248 g/mol. The number of halogens is 1. The zero-order valence-electron chi connectivity index (χ0n) is 9.81. The first-order chi connectivity index (χ1) is 8.63. The van der Waals surface area contributed by atoms with E-state index < -0.39 is 0 Å². The van der Waals surface area contributed by atoms with Crippen molar-refractivity contribution in [3.05, 3.63) is 69.7 Å². The van der Waals surface area contributed by atoms with E-state index in [2.05, 4.69) is 0 Å². The van der Waals surface area contributed by atoms with Gasteiger partial charge in [0.25, 0.3) is 0 Å². The van der Waals surface area contributed by atoms with Crippen molar-refractivity contribution >= 4 is 23.7 Å². The van der Waals surface area contributed by atoms with E-state index in [1.54, 1.807) is 36.4 Å². The third-order valence-electron chi connectivity index (χ3n) is 2.77. The van der Waals surface area contributed by atoms with Crippen LogP contribution in [0, 0.1) is 6.92 Å². The Labute approximate surface area is 110 Å². The third kappa shape index (κ3) is 2.34. The van der Waals surface area contributed by atoms with Gasteiger partial charge in [0.05, 0.1) is 0 Å². The van der Waals surface area contributed by atoms with E-state index in [4.69, 9.17) is 11.6 Å². The molecule has 90 valence electrons. The van der Waals surface area contributed by atoms with Gasteiger partial charge in [0.1, 0.15) is 0 Å². The topological polar surface area (TPSA) is 34.1 Å². The third-order valence-corrected chi connectivity index (χ3v) is 3.02. The fourth-order valence-corrected chi connectivity index (χ4v) is 1.97. The average molecular weight is 259 g/mol. The van der Waals surface area contributed by atoms with Crippen molar-refractivity contribution < 1.29 is 9.59 Å². The summed E-state index contributed by atoms with van der Waals surface area (Å²) in [6.07, 6.45) is 0.705. The molecule has 0 saturated heterocycles. The van der Waals surface area contributed by atoms with Crippen LogP contribution in [-0.4, -0.2) is 12.1 Å². The summed E-state index contributed by atoms with van der Waals surface area (Å²) < 4.78 is 0. The Bertz CT molecular complexity index is 600. The fraction of sp³-hybridized carbons (Fsp3) is 0.0667. The largest absolute Gasteiger partial charge is 0.298 e. The molecule has 0 saturated carbocycles. The number of aldehydes is 1. The van der Waals surface area contributed by atoms with Crippen molar-refractivity contribution in [3.63, 3.8) is 0 Å². The van der Waals surface area contributed by atoms with Gasteiger partial charge in [-0.25, -0.2) is 0 Å². The lowest BCUT2D eigenvalue weighted by Gasteiger charge is -2.07. The van der Waals surface area contributed by atoms with Gasteiger partial charge in [0.15, 0.2) is 12.1 Å². The highest BCUT2D eigenvalue weighted by molar-refractivity contribution is 6.30. The standard InChI is InChI=1S/C15H11ClO2/c1-10-3-2-4-12(9-17)14(10)15(18)11-5-7-13(16)8-6-11/h2-9H,1H3. The Balaban J connectivity index is 2.52. The summed E-state index contributed by atoms with van der Waals surface area (Å²) in [5.41, 5.74) is 2.18. The number of hydrogen-bond acceptors (Lipinski definition) is 2. The second-order valence-electron chi connectivity index (χ2n) is 3.99. The molecule has 0 N–H and O–H groups in total. The molecule has 0 fully saturated rings. The molecule has 0 aromatic heterocycles. The van der Waals surface area contributed by atoms with Crippen LogP contribution in [0.25, 0.3) is 0 Å². The van der Waals surface area contributed by atoms with E-state index in [1.807, 2.05) is 13.0 Å². The molecule has 0 unspecified atom stereocenters. The Morgan fingerprint density at radius 1 is 1.11 bits per heavy atom. The molecule has 0 atom stereocenters. The predicted molar refractivity (Wildman–Crippen MR) is 71.5 cm³/mol. The van der Waals surface area contributed by atoms with Crippen LogP contribution in [0.1, 0.15) is 31.8 Å². The highest BCUT2D eigenvalue weighted by Gasteiger charge is 2.15. The van der Waals surface area contributed by atoms with E-state index in [0.29, 0.717) is 28.0 Å². The zero-order chi connectivity index (χ0) is 13.1. The number of hydrogen-bond donors (Lipinski definition) is 0. The first-order valence-electron chi connectivity index (χ1n) is 5.48. The minimum absolute atomic E-state index is 0.160. The van der Waals surface area contributed by atoms with Gasteiger partial charge in [0.2, 0.25) is 0 Å². The van der Waals surface area contributed by atoms with Gasteiger partial charge in [-0.15, -0.1) is 0 Å². The summed E-state index contributed by atoms with van der Waals surface area (Å²) in [6, 6.07) is 11.9. The highest BCUT2D eigenvalue weighted by atomic mass is 35.5. The molecule has 0 bridgehead atoms. The molecule has 2 nitrogen and oxygen atoms in total. The quantitative estimate of drug-likeness (QED) is 0.621. The van der Waals surface area contributed by atoms with Crippen LogP contribution >= 0.6 is 11.6 Å². The molecule has 0 aliphatic rings. The summed E-state index contributed by atoms with van der Waals surface area (Å²) in [5, 5.41) is 0.576. The number of aryl methyl sites for hydroxylation is 1. The molecular formula is C15H11ClO2. The number of carbonyl (C=O) groups is 2. The van der Waals surface area contributed by atoms with Crippen molar-refractivity contribution in [1.29, 1.82) is 0 Å². The van der Waals surface area contributed by atoms with Crippen LogP contribution in [0.15, 0.2) is 42.5 Å². The van der Waals surface area contributed by atoms with Gasteiger partial charge >= 0.3 is 0 Å². The van der Waals surface area contributed by atoms with Gasteiger partial charge in [-0.3, -0.25) is 9.59 Å². The van der Waals surface area contributed by atoms with E-state index >= 15 is 0 Å². The van der Waals surface area contributed by atoms with E-state index in [-0.39, 0.29) is 5.78 Å². The lowest BCUT2D eigenvalue weighted by atomic mass is 9.95. The minimum atomic E-state index is -0.160. The number of ketones is 1. The van der Waals surface area contributed by atoms with Crippen molar-refractivity contribution in [2.24, 2.45) is 0 Å². The Kier molecular flexibility index (Phi) is 3.58. The van der Waals surface area contributed by atoms with Gasteiger partial charge < -0.3 is 0 Å². The first-order valence-corrected chi connectivity index (χ1v) is 5.86. The Hall–Kier alpha value is -1.93. The summed E-state index contributed by atoms with van der Waals surface area (Å²) >= 11 is 5.78. The zero-order valence-corrected chi connectivity index (χ0v) is 10.6. The predicted octanol–water partition coefficient (Wildman–Crippen LogP) is 3.69. The molecule has 2 rings (SSSR count). The molecule has 3 heteroatoms. The monoisotopic (exact) mass is 258 g/mol. The van der Waals surface area contributed by atoms with Crippen LogP contribution in [0.5, 0.6) is 0 Å². The Morgan fingerprint density at radius 2 is 1.78 bits per heavy atom. The maximum absolute atomic E-state index is 12.4. The van der Waals surface area contributed by atoms with Gasteiger partial charge in [-0.1, -0.05) is 29.8 Å². The number of rotatable bonds is 3. The summed E-state index contributed by atoms with van der Waals surface area (Å²) in [5.74, 6) is -0.160. The maximum atomic E-state index is 12.4. The van der Waals surface area contributed by atoms with Crippen LogP contribution in [0.3, 0.4) is 0 Å². The van der Waals surface area contributed by atoms with Crippen molar-refractivity contribution in [3.8, 4) is 0 Å². The van der Waals surface area contributed by atoms with Crippen LogP contribution in [-0.2, 0) is 0 Å². The molecule has 0 heterocycles. The van der Waals surface area contributed by atoms with Gasteiger partial charge in [0, 0.05) is 21.7 Å². The summed E-state index contributed by atoms with van der Waals surface area (Å²) in [6.45, 7) is 1.82. The molecule has 18 heavy (non-hydrogen) atoms. The van der Waals surface area contributed by atoms with E-state index in [9.17, 15) is 9.59 Å². The molecule has 2 aromatic rings. The molecule has 0 amide bonds. The first kappa shape index (κ1) is 12.5. The summed E-state index contributed by atoms with van der Waals surface area (Å²) in [4.78, 5) is 23.4. The average Bonchev–Trinajstić information content (AvgIpc) is 2.38. The van der Waals surface area contributed by atoms with Crippen molar-refractivity contribution in [2.45, 2.75) is 6.92 Å². The highest BCUT2D eigenvalue weighted by Crippen LogP contribution is 2.19. The number of carbonyl (C=O) groups excluding carboxylic acids is 2. The minimum Gasteiger partial charge on any atom is -0.298 e. The molecule has 0 radical (unpaired) electrons. The van der Waals surface area contributed by atoms with Crippen molar-refractivity contribution in [2.75, 3.05) is 0 Å².